The highest BCUT2D eigenvalue weighted by atomic mass is 15.4. The lowest BCUT2D eigenvalue weighted by molar-refractivity contribution is 0.895. The van der Waals surface area contributed by atoms with Crippen molar-refractivity contribution in [2.45, 2.75) is 0 Å². The second kappa shape index (κ2) is 6.48. The number of rotatable bonds is 4. The van der Waals surface area contributed by atoms with Gasteiger partial charge in [-0.1, -0.05) is 60.7 Å². The first-order valence-electron chi connectivity index (χ1n) is 6.78. The second-order valence-electron chi connectivity index (χ2n) is 4.54. The standard InChI is InChI=1S/C18H15N3/c1-3-8-16(9-4-1)14-19-18-12-7-13-21(18)20-15-17-10-5-2-6-11-17/h1-15H. The predicted molar refractivity (Wildman–Crippen MR) is 87.6 cm³/mol. The summed E-state index contributed by atoms with van der Waals surface area (Å²) in [5.74, 6) is 0.797. The molecule has 2 aromatic carbocycles. The minimum absolute atomic E-state index is 0.797. The van der Waals surface area contributed by atoms with Crippen LogP contribution in [0.15, 0.2) is 89.1 Å². The molecule has 102 valence electrons. The first kappa shape index (κ1) is 13.1. The van der Waals surface area contributed by atoms with Gasteiger partial charge in [-0.25, -0.2) is 9.67 Å². The van der Waals surface area contributed by atoms with E-state index in [9.17, 15) is 0 Å². The van der Waals surface area contributed by atoms with E-state index in [2.05, 4.69) is 10.1 Å². The van der Waals surface area contributed by atoms with Gasteiger partial charge in [-0.2, -0.15) is 5.10 Å². The molecule has 0 saturated carbocycles. The van der Waals surface area contributed by atoms with Crippen LogP contribution in [0.1, 0.15) is 11.1 Å². The normalized spacial score (nSPS) is 11.4. The van der Waals surface area contributed by atoms with Crippen molar-refractivity contribution in [2.24, 2.45) is 10.1 Å². The largest absolute Gasteiger partial charge is 0.237 e. The van der Waals surface area contributed by atoms with Crippen molar-refractivity contribution in [3.63, 3.8) is 0 Å². The molecule has 0 bridgehead atoms. The zero-order chi connectivity index (χ0) is 14.3. The van der Waals surface area contributed by atoms with E-state index in [-0.39, 0.29) is 0 Å². The summed E-state index contributed by atoms with van der Waals surface area (Å²) in [6.07, 6.45) is 5.54. The van der Waals surface area contributed by atoms with E-state index in [1.807, 2.05) is 91.4 Å². The SMILES string of the molecule is C(=Nc1cccn1N=Cc1ccccc1)c1ccccc1. The summed E-state index contributed by atoms with van der Waals surface area (Å²) in [4.78, 5) is 4.47. The Morgan fingerprint density at radius 1 is 0.667 bits per heavy atom. The quantitative estimate of drug-likeness (QED) is 0.640. The molecule has 3 rings (SSSR count). The van der Waals surface area contributed by atoms with Crippen LogP contribution in [-0.2, 0) is 0 Å². The van der Waals surface area contributed by atoms with Crippen LogP contribution in [0.3, 0.4) is 0 Å². The molecular formula is C18H15N3. The summed E-state index contributed by atoms with van der Waals surface area (Å²) in [5, 5.41) is 4.43. The topological polar surface area (TPSA) is 29.6 Å². The molecule has 1 aromatic heterocycles. The van der Waals surface area contributed by atoms with Gasteiger partial charge in [0, 0.05) is 12.4 Å². The predicted octanol–water partition coefficient (Wildman–Crippen LogP) is 4.12. The van der Waals surface area contributed by atoms with Crippen molar-refractivity contribution in [3.8, 4) is 0 Å². The van der Waals surface area contributed by atoms with E-state index in [0.717, 1.165) is 16.9 Å². The third-order valence-corrected chi connectivity index (χ3v) is 2.98. The van der Waals surface area contributed by atoms with Crippen LogP contribution >= 0.6 is 0 Å². The van der Waals surface area contributed by atoms with E-state index in [4.69, 9.17) is 0 Å². The van der Waals surface area contributed by atoms with Crippen LogP contribution in [0.25, 0.3) is 0 Å². The maximum absolute atomic E-state index is 4.47. The third kappa shape index (κ3) is 3.54. The Morgan fingerprint density at radius 2 is 1.29 bits per heavy atom. The molecule has 0 aliphatic rings. The third-order valence-electron chi connectivity index (χ3n) is 2.98. The fourth-order valence-electron chi connectivity index (χ4n) is 1.91. The lowest BCUT2D eigenvalue weighted by Crippen LogP contribution is -1.88. The zero-order valence-electron chi connectivity index (χ0n) is 11.5. The van der Waals surface area contributed by atoms with Gasteiger partial charge in [0.15, 0.2) is 5.82 Å². The van der Waals surface area contributed by atoms with Crippen LogP contribution in [0.4, 0.5) is 5.82 Å². The van der Waals surface area contributed by atoms with Crippen molar-refractivity contribution in [3.05, 3.63) is 90.1 Å². The molecule has 0 spiro atoms. The number of aromatic nitrogens is 1. The number of hydrogen-bond donors (Lipinski definition) is 0. The number of aliphatic imine (C=N–C) groups is 1. The molecule has 3 nitrogen and oxygen atoms in total. The average Bonchev–Trinajstić information content (AvgIpc) is 3.00. The molecule has 3 aromatic rings. The van der Waals surface area contributed by atoms with Gasteiger partial charge >= 0.3 is 0 Å². The molecule has 0 aliphatic carbocycles. The molecule has 1 heterocycles. The Morgan fingerprint density at radius 3 is 1.95 bits per heavy atom. The summed E-state index contributed by atoms with van der Waals surface area (Å²) in [5.41, 5.74) is 2.13. The van der Waals surface area contributed by atoms with Gasteiger partial charge in [-0.15, -0.1) is 0 Å². The van der Waals surface area contributed by atoms with Gasteiger partial charge in [0.2, 0.25) is 0 Å². The summed E-state index contributed by atoms with van der Waals surface area (Å²) in [7, 11) is 0. The summed E-state index contributed by atoms with van der Waals surface area (Å²) in [6, 6.07) is 23.9. The van der Waals surface area contributed by atoms with Crippen LogP contribution in [0, 0.1) is 0 Å². The lowest BCUT2D eigenvalue weighted by atomic mass is 10.2. The first-order chi connectivity index (χ1) is 10.4. The molecule has 0 fully saturated rings. The molecule has 0 radical (unpaired) electrons. The molecule has 0 amide bonds. The minimum Gasteiger partial charge on any atom is -0.237 e. The van der Waals surface area contributed by atoms with E-state index in [0.29, 0.717) is 0 Å². The summed E-state index contributed by atoms with van der Waals surface area (Å²) < 4.78 is 1.76. The number of nitrogens with zero attached hydrogens (tertiary/aromatic N) is 3. The number of benzene rings is 2. The average molecular weight is 273 g/mol. The van der Waals surface area contributed by atoms with Gasteiger partial charge in [0.05, 0.1) is 6.21 Å². The van der Waals surface area contributed by atoms with Crippen molar-refractivity contribution >= 4 is 18.2 Å². The highest BCUT2D eigenvalue weighted by Crippen LogP contribution is 2.13. The van der Waals surface area contributed by atoms with E-state index in [1.54, 1.807) is 4.68 Å². The Balaban J connectivity index is 1.78. The Kier molecular flexibility index (Phi) is 4.03. The van der Waals surface area contributed by atoms with Crippen molar-refractivity contribution in [1.82, 2.24) is 4.68 Å². The monoisotopic (exact) mass is 273 g/mol. The molecular weight excluding hydrogens is 258 g/mol. The molecule has 0 aliphatic heterocycles. The Bertz CT molecular complexity index is 676. The smallest absolute Gasteiger partial charge is 0.153 e. The van der Waals surface area contributed by atoms with Crippen LogP contribution in [0.2, 0.25) is 0 Å². The van der Waals surface area contributed by atoms with Gasteiger partial charge in [0.25, 0.3) is 0 Å². The van der Waals surface area contributed by atoms with Crippen LogP contribution in [0.5, 0.6) is 0 Å². The van der Waals surface area contributed by atoms with Gasteiger partial charge in [-0.05, 0) is 23.3 Å². The fraction of sp³-hybridized carbons (Fsp3) is 0. The molecule has 0 unspecified atom stereocenters. The highest BCUT2D eigenvalue weighted by molar-refractivity contribution is 5.82. The Hall–Kier alpha value is -2.94. The fourth-order valence-corrected chi connectivity index (χ4v) is 1.91. The minimum atomic E-state index is 0.797. The summed E-state index contributed by atoms with van der Waals surface area (Å²) in [6.45, 7) is 0. The molecule has 21 heavy (non-hydrogen) atoms. The lowest BCUT2D eigenvalue weighted by Gasteiger charge is -1.98. The summed E-state index contributed by atoms with van der Waals surface area (Å²) >= 11 is 0. The van der Waals surface area contributed by atoms with Gasteiger partial charge < -0.3 is 0 Å². The molecule has 0 atom stereocenters. The first-order valence-corrected chi connectivity index (χ1v) is 6.78. The van der Waals surface area contributed by atoms with E-state index in [1.165, 1.54) is 0 Å². The maximum atomic E-state index is 4.47. The van der Waals surface area contributed by atoms with Crippen molar-refractivity contribution < 1.29 is 0 Å². The van der Waals surface area contributed by atoms with Gasteiger partial charge in [-0.3, -0.25) is 0 Å². The zero-order valence-corrected chi connectivity index (χ0v) is 11.5. The van der Waals surface area contributed by atoms with Gasteiger partial charge in [0.1, 0.15) is 0 Å². The van der Waals surface area contributed by atoms with Crippen LogP contribution < -0.4 is 0 Å². The van der Waals surface area contributed by atoms with E-state index < -0.39 is 0 Å². The molecule has 3 heteroatoms. The van der Waals surface area contributed by atoms with E-state index >= 15 is 0 Å². The molecule has 0 saturated heterocycles. The van der Waals surface area contributed by atoms with Crippen molar-refractivity contribution in [2.75, 3.05) is 0 Å². The highest BCUT2D eigenvalue weighted by Gasteiger charge is 1.95. The second-order valence-corrected chi connectivity index (χ2v) is 4.54. The van der Waals surface area contributed by atoms with Crippen LogP contribution in [-0.4, -0.2) is 17.1 Å². The Labute approximate surface area is 123 Å². The maximum Gasteiger partial charge on any atom is 0.153 e. The molecule has 0 N–H and O–H groups in total. The van der Waals surface area contributed by atoms with Crippen molar-refractivity contribution in [1.29, 1.82) is 0 Å². The number of hydrogen-bond acceptors (Lipinski definition) is 2.